The van der Waals surface area contributed by atoms with E-state index in [1.807, 2.05) is 19.1 Å². The highest BCUT2D eigenvalue weighted by molar-refractivity contribution is 6.05. The molecule has 1 N–H and O–H groups in total. The van der Waals surface area contributed by atoms with Crippen LogP contribution in [0.5, 0.6) is 5.75 Å². The molecule has 29 heavy (non-hydrogen) atoms. The van der Waals surface area contributed by atoms with Gasteiger partial charge in [-0.25, -0.2) is 0 Å². The smallest absolute Gasteiger partial charge is 0.308 e. The number of fused-ring (bicyclic) bond motifs is 1. The van der Waals surface area contributed by atoms with Gasteiger partial charge in [-0.15, -0.1) is 0 Å². The molecule has 1 aromatic carbocycles. The number of anilines is 1. The van der Waals surface area contributed by atoms with E-state index in [0.29, 0.717) is 30.9 Å². The number of allylic oxidation sites excluding steroid dienone is 2. The second-order valence-corrected chi connectivity index (χ2v) is 6.90. The summed E-state index contributed by atoms with van der Waals surface area (Å²) >= 11 is 0. The summed E-state index contributed by atoms with van der Waals surface area (Å²) in [5.41, 5.74) is 0.555. The van der Waals surface area contributed by atoms with Crippen molar-refractivity contribution in [1.29, 1.82) is 0 Å². The first-order chi connectivity index (χ1) is 14.0. The Hall–Kier alpha value is -3.16. The van der Waals surface area contributed by atoms with Gasteiger partial charge in [-0.1, -0.05) is 12.2 Å². The summed E-state index contributed by atoms with van der Waals surface area (Å²) in [5, 5.41) is 2.61. The number of amides is 3. The first kappa shape index (κ1) is 20.6. The van der Waals surface area contributed by atoms with Crippen molar-refractivity contribution in [3.63, 3.8) is 0 Å². The Labute approximate surface area is 168 Å². The Bertz CT molecular complexity index is 791. The molecule has 1 aliphatic carbocycles. The molecule has 8 nitrogen and oxygen atoms in total. The summed E-state index contributed by atoms with van der Waals surface area (Å²) in [4.78, 5) is 49.7. The lowest BCUT2D eigenvalue weighted by atomic mass is 9.85. The van der Waals surface area contributed by atoms with Gasteiger partial charge < -0.3 is 14.8 Å². The van der Waals surface area contributed by atoms with Gasteiger partial charge in [-0.3, -0.25) is 24.1 Å². The first-order valence-electron chi connectivity index (χ1n) is 9.68. The Morgan fingerprint density at radius 1 is 1.07 bits per heavy atom. The van der Waals surface area contributed by atoms with E-state index in [-0.39, 0.29) is 36.6 Å². The van der Waals surface area contributed by atoms with Gasteiger partial charge >= 0.3 is 5.97 Å². The average molecular weight is 400 g/mol. The van der Waals surface area contributed by atoms with Crippen molar-refractivity contribution in [2.75, 3.05) is 25.1 Å². The van der Waals surface area contributed by atoms with Crippen LogP contribution in [0.3, 0.4) is 0 Å². The Morgan fingerprint density at radius 2 is 1.69 bits per heavy atom. The van der Waals surface area contributed by atoms with Crippen LogP contribution in [-0.2, 0) is 23.9 Å². The van der Waals surface area contributed by atoms with Gasteiger partial charge in [0.25, 0.3) is 5.91 Å². The van der Waals surface area contributed by atoms with Gasteiger partial charge in [-0.2, -0.15) is 0 Å². The van der Waals surface area contributed by atoms with Crippen LogP contribution in [-0.4, -0.2) is 48.3 Å². The van der Waals surface area contributed by atoms with Gasteiger partial charge in [0.1, 0.15) is 5.75 Å². The molecule has 2 atom stereocenters. The molecule has 1 saturated heterocycles. The third-order valence-electron chi connectivity index (χ3n) is 4.95. The second-order valence-electron chi connectivity index (χ2n) is 6.90. The van der Waals surface area contributed by atoms with Crippen molar-refractivity contribution in [3.8, 4) is 5.75 Å². The molecule has 154 valence electrons. The standard InChI is InChI=1S/C21H24N2O6/c1-2-28-15-9-7-14(8-10-15)22-18(24)13-29-19(25)11-12-23-20(26)16-5-3-4-6-17(16)21(23)27/h3-4,7-10,16-17H,2,5-6,11-13H2,1H3,(H,22,24)/t16-,17-/m0/s1. The number of likely N-dealkylation sites (tertiary alicyclic amines) is 1. The normalized spacial score (nSPS) is 20.4. The molecule has 0 spiro atoms. The largest absolute Gasteiger partial charge is 0.494 e. The molecule has 2 aliphatic rings. The number of benzene rings is 1. The van der Waals surface area contributed by atoms with Crippen LogP contribution in [0.2, 0.25) is 0 Å². The summed E-state index contributed by atoms with van der Waals surface area (Å²) in [6.07, 6.45) is 4.80. The fourth-order valence-corrected chi connectivity index (χ4v) is 3.51. The summed E-state index contributed by atoms with van der Waals surface area (Å²) in [7, 11) is 0. The Morgan fingerprint density at radius 3 is 2.28 bits per heavy atom. The average Bonchev–Trinajstić information content (AvgIpc) is 2.97. The number of rotatable bonds is 8. The Balaban J connectivity index is 1.40. The SMILES string of the molecule is CCOc1ccc(NC(=O)COC(=O)CCN2C(=O)[C@H]3CC=CC[C@@H]3C2=O)cc1. The lowest BCUT2D eigenvalue weighted by molar-refractivity contribution is -0.148. The monoisotopic (exact) mass is 400 g/mol. The van der Waals surface area contributed by atoms with E-state index in [0.717, 1.165) is 4.90 Å². The van der Waals surface area contributed by atoms with Crippen molar-refractivity contribution in [2.45, 2.75) is 26.2 Å². The first-order valence-corrected chi connectivity index (χ1v) is 9.68. The van der Waals surface area contributed by atoms with Gasteiger partial charge in [0.05, 0.1) is 24.9 Å². The van der Waals surface area contributed by atoms with Gasteiger partial charge in [-0.05, 0) is 44.0 Å². The van der Waals surface area contributed by atoms with Crippen LogP contribution >= 0.6 is 0 Å². The molecule has 1 fully saturated rings. The number of nitrogens with one attached hydrogen (secondary N) is 1. The number of carbonyl (C=O) groups excluding carboxylic acids is 4. The maximum atomic E-state index is 12.3. The zero-order valence-electron chi connectivity index (χ0n) is 16.3. The molecule has 1 heterocycles. The van der Waals surface area contributed by atoms with Gasteiger partial charge in [0.2, 0.25) is 11.8 Å². The lowest BCUT2D eigenvalue weighted by Crippen LogP contribution is -2.33. The van der Waals surface area contributed by atoms with Crippen molar-refractivity contribution in [2.24, 2.45) is 11.8 Å². The molecular formula is C21H24N2O6. The highest BCUT2D eigenvalue weighted by atomic mass is 16.5. The molecule has 0 bridgehead atoms. The molecule has 0 saturated carbocycles. The minimum absolute atomic E-state index is 0.0238. The maximum absolute atomic E-state index is 12.3. The number of imide groups is 1. The highest BCUT2D eigenvalue weighted by Gasteiger charge is 2.46. The van der Waals surface area contributed by atoms with Crippen LogP contribution in [0.4, 0.5) is 5.69 Å². The number of hydrogen-bond acceptors (Lipinski definition) is 6. The number of hydrogen-bond donors (Lipinski definition) is 1. The summed E-state index contributed by atoms with van der Waals surface area (Å²) in [6.45, 7) is 1.96. The van der Waals surface area contributed by atoms with Crippen LogP contribution in [0, 0.1) is 11.8 Å². The van der Waals surface area contributed by atoms with Crippen molar-refractivity contribution < 1.29 is 28.7 Å². The number of carbonyl (C=O) groups is 4. The predicted octanol–water partition coefficient (Wildman–Crippen LogP) is 1.91. The molecule has 0 aromatic heterocycles. The topological polar surface area (TPSA) is 102 Å². The molecule has 3 rings (SSSR count). The van der Waals surface area contributed by atoms with Crippen LogP contribution in [0.15, 0.2) is 36.4 Å². The summed E-state index contributed by atoms with van der Waals surface area (Å²) in [6, 6.07) is 6.82. The minimum atomic E-state index is -0.638. The number of esters is 1. The summed E-state index contributed by atoms with van der Waals surface area (Å²) in [5.74, 6) is -1.52. The molecule has 0 radical (unpaired) electrons. The third kappa shape index (κ3) is 5.01. The van der Waals surface area contributed by atoms with E-state index in [4.69, 9.17) is 9.47 Å². The van der Waals surface area contributed by atoms with Crippen molar-refractivity contribution in [1.82, 2.24) is 4.90 Å². The number of nitrogens with zero attached hydrogens (tertiary/aromatic N) is 1. The minimum Gasteiger partial charge on any atom is -0.494 e. The maximum Gasteiger partial charge on any atom is 0.308 e. The Kier molecular flexibility index (Phi) is 6.64. The zero-order chi connectivity index (χ0) is 20.8. The van der Waals surface area contributed by atoms with E-state index in [1.54, 1.807) is 24.3 Å². The van der Waals surface area contributed by atoms with E-state index in [2.05, 4.69) is 5.32 Å². The van der Waals surface area contributed by atoms with Crippen LogP contribution in [0.25, 0.3) is 0 Å². The van der Waals surface area contributed by atoms with Crippen LogP contribution in [0.1, 0.15) is 26.2 Å². The fourth-order valence-electron chi connectivity index (χ4n) is 3.51. The molecular weight excluding hydrogens is 376 g/mol. The zero-order valence-corrected chi connectivity index (χ0v) is 16.3. The third-order valence-corrected chi connectivity index (χ3v) is 4.95. The van der Waals surface area contributed by atoms with Gasteiger partial charge in [0, 0.05) is 12.2 Å². The molecule has 3 amide bonds. The second kappa shape index (κ2) is 9.36. The lowest BCUT2D eigenvalue weighted by Gasteiger charge is -2.14. The quantitative estimate of drug-likeness (QED) is 0.406. The van der Waals surface area contributed by atoms with Crippen molar-refractivity contribution >= 4 is 29.4 Å². The van der Waals surface area contributed by atoms with E-state index >= 15 is 0 Å². The molecule has 8 heteroatoms. The highest BCUT2D eigenvalue weighted by Crippen LogP contribution is 2.35. The molecule has 0 unspecified atom stereocenters. The fraction of sp³-hybridized carbons (Fsp3) is 0.429. The number of ether oxygens (including phenoxy) is 2. The van der Waals surface area contributed by atoms with Crippen LogP contribution < -0.4 is 10.1 Å². The van der Waals surface area contributed by atoms with E-state index in [1.165, 1.54) is 0 Å². The van der Waals surface area contributed by atoms with E-state index in [9.17, 15) is 19.2 Å². The van der Waals surface area contributed by atoms with Gasteiger partial charge in [0.15, 0.2) is 6.61 Å². The van der Waals surface area contributed by atoms with Crippen molar-refractivity contribution in [3.05, 3.63) is 36.4 Å². The molecule has 1 aromatic rings. The predicted molar refractivity (Wildman–Crippen MR) is 104 cm³/mol. The molecule has 1 aliphatic heterocycles. The van der Waals surface area contributed by atoms with E-state index < -0.39 is 18.5 Å². The summed E-state index contributed by atoms with van der Waals surface area (Å²) < 4.78 is 10.3.